The largest absolute Gasteiger partial charge is 0.416 e. The monoisotopic (exact) mass is 398 g/mol. The molecule has 0 bridgehead atoms. The Morgan fingerprint density at radius 1 is 1.24 bits per heavy atom. The van der Waals surface area contributed by atoms with Crippen molar-refractivity contribution in [2.75, 3.05) is 11.9 Å². The summed E-state index contributed by atoms with van der Waals surface area (Å²) in [5, 5.41) is 9.62. The number of aryl methyl sites for hydroxylation is 1. The van der Waals surface area contributed by atoms with Gasteiger partial charge in [0.1, 0.15) is 0 Å². The first-order chi connectivity index (χ1) is 13.4. The van der Waals surface area contributed by atoms with Crippen molar-refractivity contribution in [3.63, 3.8) is 0 Å². The molecule has 2 nitrogen and oxygen atoms in total. The van der Waals surface area contributed by atoms with Crippen LogP contribution in [-0.4, -0.2) is 12.6 Å². The Morgan fingerprint density at radius 2 is 1.93 bits per heavy atom. The van der Waals surface area contributed by atoms with Gasteiger partial charge in [-0.15, -0.1) is 0 Å². The third-order valence-electron chi connectivity index (χ3n) is 5.94. The molecule has 0 saturated carbocycles. The van der Waals surface area contributed by atoms with Crippen LogP contribution < -0.4 is 4.90 Å². The standard InChI is InChI=1S/C24H25F3N2/c1-15-9-22-21(16(2)13-23(3,4)29(22)5)12-18(15)10-19(14-28)17-7-6-8-20(11-17)24(25,26)27/h6-12,16H,13H2,1-5H3/b19-10+. The zero-order valence-electron chi connectivity index (χ0n) is 17.4. The summed E-state index contributed by atoms with van der Waals surface area (Å²) in [5.74, 6) is 0.350. The summed E-state index contributed by atoms with van der Waals surface area (Å²) in [6.07, 6.45) is -1.75. The fourth-order valence-electron chi connectivity index (χ4n) is 4.09. The third kappa shape index (κ3) is 4.03. The Hall–Kier alpha value is -2.74. The van der Waals surface area contributed by atoms with Crippen LogP contribution in [0.3, 0.4) is 0 Å². The van der Waals surface area contributed by atoms with Crippen molar-refractivity contribution in [3.05, 3.63) is 64.2 Å². The number of halogens is 3. The van der Waals surface area contributed by atoms with Gasteiger partial charge in [-0.05, 0) is 85.7 Å². The molecule has 0 amide bonds. The number of anilines is 1. The maximum absolute atomic E-state index is 13.1. The molecule has 0 N–H and O–H groups in total. The molecule has 0 radical (unpaired) electrons. The van der Waals surface area contributed by atoms with Crippen LogP contribution >= 0.6 is 0 Å². The lowest BCUT2D eigenvalue weighted by atomic mass is 9.79. The average Bonchev–Trinajstić information content (AvgIpc) is 2.64. The number of rotatable bonds is 2. The van der Waals surface area contributed by atoms with E-state index >= 15 is 0 Å². The highest BCUT2D eigenvalue weighted by Gasteiger charge is 2.34. The second-order valence-electron chi connectivity index (χ2n) is 8.49. The van der Waals surface area contributed by atoms with Gasteiger partial charge < -0.3 is 4.90 Å². The lowest BCUT2D eigenvalue weighted by Gasteiger charge is -2.45. The Kier molecular flexibility index (Phi) is 5.25. The van der Waals surface area contributed by atoms with E-state index in [1.807, 2.05) is 6.92 Å². The van der Waals surface area contributed by atoms with Gasteiger partial charge in [0.15, 0.2) is 0 Å². The predicted molar refractivity (Wildman–Crippen MR) is 112 cm³/mol. The van der Waals surface area contributed by atoms with E-state index in [2.05, 4.69) is 50.9 Å². The summed E-state index contributed by atoms with van der Waals surface area (Å²) in [6, 6.07) is 11.2. The smallest absolute Gasteiger partial charge is 0.369 e. The lowest BCUT2D eigenvalue weighted by Crippen LogP contribution is -2.45. The van der Waals surface area contributed by atoms with Crippen molar-refractivity contribution in [3.8, 4) is 6.07 Å². The number of benzene rings is 2. The number of hydrogen-bond donors (Lipinski definition) is 0. The van der Waals surface area contributed by atoms with E-state index in [0.29, 0.717) is 5.92 Å². The topological polar surface area (TPSA) is 27.0 Å². The molecule has 1 atom stereocenters. The summed E-state index contributed by atoms with van der Waals surface area (Å²) in [4.78, 5) is 2.28. The van der Waals surface area contributed by atoms with Crippen molar-refractivity contribution in [2.24, 2.45) is 0 Å². The van der Waals surface area contributed by atoms with Crippen LogP contribution in [-0.2, 0) is 6.18 Å². The number of nitrogens with zero attached hydrogens (tertiary/aromatic N) is 2. The molecule has 5 heteroatoms. The Labute approximate surface area is 170 Å². The number of hydrogen-bond acceptors (Lipinski definition) is 2. The first-order valence-corrected chi connectivity index (χ1v) is 9.62. The zero-order chi connectivity index (χ0) is 21.6. The zero-order valence-corrected chi connectivity index (χ0v) is 17.4. The highest BCUT2D eigenvalue weighted by Crippen LogP contribution is 2.43. The van der Waals surface area contributed by atoms with Crippen LogP contribution in [0.1, 0.15) is 60.9 Å². The van der Waals surface area contributed by atoms with Crippen LogP contribution in [0.5, 0.6) is 0 Å². The quantitative estimate of drug-likeness (QED) is 0.411. The molecule has 0 spiro atoms. The van der Waals surface area contributed by atoms with Crippen LogP contribution in [0.2, 0.25) is 0 Å². The van der Waals surface area contributed by atoms with Gasteiger partial charge in [0.2, 0.25) is 0 Å². The molecule has 29 heavy (non-hydrogen) atoms. The first kappa shape index (κ1) is 21.0. The molecular weight excluding hydrogens is 373 g/mol. The minimum absolute atomic E-state index is 0.0477. The van der Waals surface area contributed by atoms with Crippen LogP contribution in [0, 0.1) is 18.3 Å². The maximum atomic E-state index is 13.1. The Balaban J connectivity index is 2.09. The second-order valence-corrected chi connectivity index (χ2v) is 8.49. The number of fused-ring (bicyclic) bond motifs is 1. The van der Waals surface area contributed by atoms with E-state index in [9.17, 15) is 18.4 Å². The van der Waals surface area contributed by atoms with E-state index in [1.165, 1.54) is 23.4 Å². The highest BCUT2D eigenvalue weighted by molar-refractivity contribution is 5.90. The molecule has 1 heterocycles. The normalized spacial score (nSPS) is 18.9. The van der Waals surface area contributed by atoms with Crippen LogP contribution in [0.15, 0.2) is 36.4 Å². The van der Waals surface area contributed by atoms with E-state index in [1.54, 1.807) is 6.08 Å². The van der Waals surface area contributed by atoms with Crippen molar-refractivity contribution < 1.29 is 13.2 Å². The van der Waals surface area contributed by atoms with E-state index in [0.717, 1.165) is 29.7 Å². The van der Waals surface area contributed by atoms with Crippen molar-refractivity contribution in [1.29, 1.82) is 5.26 Å². The molecule has 1 unspecified atom stereocenters. The summed E-state index contributed by atoms with van der Waals surface area (Å²) in [6.45, 7) is 8.59. The first-order valence-electron chi connectivity index (χ1n) is 9.62. The van der Waals surface area contributed by atoms with Gasteiger partial charge in [-0.2, -0.15) is 18.4 Å². The minimum atomic E-state index is -4.44. The molecule has 152 valence electrons. The third-order valence-corrected chi connectivity index (χ3v) is 5.94. The molecule has 0 fully saturated rings. The fraction of sp³-hybridized carbons (Fsp3) is 0.375. The van der Waals surface area contributed by atoms with E-state index in [4.69, 9.17) is 0 Å². The fourth-order valence-corrected chi connectivity index (χ4v) is 4.09. The average molecular weight is 398 g/mol. The van der Waals surface area contributed by atoms with Gasteiger partial charge in [-0.25, -0.2) is 0 Å². The van der Waals surface area contributed by atoms with E-state index in [-0.39, 0.29) is 16.7 Å². The van der Waals surface area contributed by atoms with Crippen molar-refractivity contribution in [1.82, 2.24) is 0 Å². The summed E-state index contributed by atoms with van der Waals surface area (Å²) in [5.41, 5.74) is 3.99. The van der Waals surface area contributed by atoms with Crippen molar-refractivity contribution >= 4 is 17.3 Å². The SMILES string of the molecule is Cc1cc2c(cc1/C=C(\C#N)c1cccc(C(F)(F)F)c1)C(C)CC(C)(C)N2C. The Morgan fingerprint density at radius 3 is 2.55 bits per heavy atom. The number of alkyl halides is 3. The molecule has 0 aliphatic carbocycles. The lowest BCUT2D eigenvalue weighted by molar-refractivity contribution is -0.137. The van der Waals surface area contributed by atoms with Gasteiger partial charge in [0, 0.05) is 18.3 Å². The Bertz CT molecular complexity index is 1010. The van der Waals surface area contributed by atoms with Crippen LogP contribution in [0.4, 0.5) is 18.9 Å². The molecule has 0 aromatic heterocycles. The number of allylic oxidation sites excluding steroid dienone is 1. The molecule has 2 aromatic carbocycles. The molecule has 0 saturated heterocycles. The van der Waals surface area contributed by atoms with Gasteiger partial charge in [0.25, 0.3) is 0 Å². The van der Waals surface area contributed by atoms with Gasteiger partial charge in [-0.3, -0.25) is 0 Å². The van der Waals surface area contributed by atoms with Crippen LogP contribution in [0.25, 0.3) is 11.6 Å². The predicted octanol–water partition coefficient (Wildman–Crippen LogP) is 6.80. The summed E-state index contributed by atoms with van der Waals surface area (Å²) < 4.78 is 39.2. The highest BCUT2D eigenvalue weighted by atomic mass is 19.4. The van der Waals surface area contributed by atoms with Gasteiger partial charge >= 0.3 is 6.18 Å². The molecule has 2 aromatic rings. The van der Waals surface area contributed by atoms with Gasteiger partial charge in [0.05, 0.1) is 17.2 Å². The number of nitriles is 1. The molecule has 1 aliphatic rings. The minimum Gasteiger partial charge on any atom is -0.369 e. The second kappa shape index (κ2) is 7.26. The maximum Gasteiger partial charge on any atom is 0.416 e. The molecule has 1 aliphatic heterocycles. The molecule has 3 rings (SSSR count). The summed E-state index contributed by atoms with van der Waals surface area (Å²) >= 11 is 0. The van der Waals surface area contributed by atoms with Crippen molar-refractivity contribution in [2.45, 2.75) is 51.7 Å². The summed E-state index contributed by atoms with van der Waals surface area (Å²) in [7, 11) is 2.09. The van der Waals surface area contributed by atoms with E-state index < -0.39 is 11.7 Å². The van der Waals surface area contributed by atoms with Gasteiger partial charge in [-0.1, -0.05) is 19.1 Å². The molecular formula is C24H25F3N2.